The van der Waals surface area contributed by atoms with E-state index < -0.39 is 0 Å². The van der Waals surface area contributed by atoms with Gasteiger partial charge in [0.25, 0.3) is 11.9 Å². The largest absolute Gasteiger partial charge is 0.463 e. The van der Waals surface area contributed by atoms with Crippen molar-refractivity contribution in [3.8, 4) is 11.5 Å². The van der Waals surface area contributed by atoms with Crippen molar-refractivity contribution in [1.82, 2.24) is 5.32 Å². The highest BCUT2D eigenvalue weighted by atomic mass is 16.7. The molecule has 1 aromatic rings. The number of hydrogen-bond donors (Lipinski definition) is 1. The molecule has 0 aliphatic carbocycles. The van der Waals surface area contributed by atoms with E-state index in [4.69, 9.17) is 23.7 Å². The summed E-state index contributed by atoms with van der Waals surface area (Å²) in [5.74, 6) is 0.848. The first-order valence-corrected chi connectivity index (χ1v) is 8.84. The summed E-state index contributed by atoms with van der Waals surface area (Å²) in [5.41, 5.74) is 0.437. The minimum Gasteiger partial charge on any atom is -0.463 e. The second-order valence-electron chi connectivity index (χ2n) is 5.85. The highest BCUT2D eigenvalue weighted by Crippen LogP contribution is 2.32. The smallest absolute Gasteiger partial charge is 0.291 e. The van der Waals surface area contributed by atoms with Crippen LogP contribution in [-0.4, -0.2) is 57.8 Å². The molecule has 0 spiro atoms. The fourth-order valence-electron chi connectivity index (χ4n) is 2.64. The quantitative estimate of drug-likeness (QED) is 0.450. The zero-order chi connectivity index (χ0) is 18.2. The van der Waals surface area contributed by atoms with Gasteiger partial charge in [-0.05, 0) is 38.0 Å². The molecule has 1 N–H and O–H groups in total. The monoisotopic (exact) mass is 364 g/mol. The van der Waals surface area contributed by atoms with Gasteiger partial charge in [0.05, 0.1) is 19.3 Å². The lowest BCUT2D eigenvalue weighted by Crippen LogP contribution is -2.34. The summed E-state index contributed by atoms with van der Waals surface area (Å²) in [7, 11) is 0. The molecule has 0 bridgehead atoms. The van der Waals surface area contributed by atoms with E-state index in [1.807, 2.05) is 6.92 Å². The summed E-state index contributed by atoms with van der Waals surface area (Å²) in [6.45, 7) is 4.61. The van der Waals surface area contributed by atoms with Crippen LogP contribution in [-0.2, 0) is 14.2 Å². The normalized spacial score (nSPS) is 18.8. The molecular formula is C18H24N2O6. The summed E-state index contributed by atoms with van der Waals surface area (Å²) >= 11 is 0. The van der Waals surface area contributed by atoms with Crippen molar-refractivity contribution >= 4 is 11.9 Å². The van der Waals surface area contributed by atoms with E-state index in [9.17, 15) is 4.79 Å². The molecule has 1 saturated heterocycles. The number of benzene rings is 1. The number of aliphatic imine (C=N–C) groups is 1. The minimum absolute atomic E-state index is 0.0722. The molecule has 26 heavy (non-hydrogen) atoms. The average molecular weight is 364 g/mol. The van der Waals surface area contributed by atoms with Gasteiger partial charge in [-0.25, -0.2) is 4.99 Å². The minimum atomic E-state index is -0.328. The summed E-state index contributed by atoms with van der Waals surface area (Å²) < 4.78 is 26.9. The Labute approximate surface area is 152 Å². The molecule has 3 rings (SSSR count). The van der Waals surface area contributed by atoms with E-state index in [0.29, 0.717) is 43.4 Å². The van der Waals surface area contributed by atoms with Crippen LogP contribution in [0.5, 0.6) is 11.5 Å². The first-order valence-electron chi connectivity index (χ1n) is 8.84. The summed E-state index contributed by atoms with van der Waals surface area (Å²) in [6, 6.07) is 5.18. The van der Waals surface area contributed by atoms with Crippen LogP contribution in [0, 0.1) is 0 Å². The first kappa shape index (κ1) is 18.5. The van der Waals surface area contributed by atoms with E-state index in [1.54, 1.807) is 18.2 Å². The molecule has 1 aromatic carbocycles. The van der Waals surface area contributed by atoms with E-state index in [0.717, 1.165) is 19.4 Å². The third-order valence-corrected chi connectivity index (χ3v) is 3.99. The number of nitrogens with one attached hydrogen (secondary N) is 1. The molecule has 2 aliphatic rings. The molecule has 2 heterocycles. The van der Waals surface area contributed by atoms with Crippen molar-refractivity contribution in [2.45, 2.75) is 25.9 Å². The predicted octanol–water partition coefficient (Wildman–Crippen LogP) is 1.73. The lowest BCUT2D eigenvalue weighted by atomic mass is 10.2. The highest BCUT2D eigenvalue weighted by Gasteiger charge is 2.19. The van der Waals surface area contributed by atoms with Gasteiger partial charge >= 0.3 is 0 Å². The second kappa shape index (κ2) is 9.40. The number of ether oxygens (including phenoxy) is 5. The van der Waals surface area contributed by atoms with Crippen LogP contribution in [0.1, 0.15) is 30.1 Å². The zero-order valence-corrected chi connectivity index (χ0v) is 14.9. The molecular weight excluding hydrogens is 340 g/mol. The molecule has 0 aromatic heterocycles. The Bertz CT molecular complexity index is 643. The number of amides is 1. The molecule has 8 nitrogen and oxygen atoms in total. The Morgan fingerprint density at radius 2 is 2.19 bits per heavy atom. The molecule has 1 amide bonds. The van der Waals surface area contributed by atoms with Gasteiger partial charge in [0.2, 0.25) is 6.79 Å². The van der Waals surface area contributed by atoms with Crippen molar-refractivity contribution in [3.05, 3.63) is 23.8 Å². The third kappa shape index (κ3) is 5.09. The van der Waals surface area contributed by atoms with Crippen molar-refractivity contribution in [3.63, 3.8) is 0 Å². The van der Waals surface area contributed by atoms with E-state index >= 15 is 0 Å². The van der Waals surface area contributed by atoms with E-state index in [-0.39, 0.29) is 24.8 Å². The van der Waals surface area contributed by atoms with Crippen molar-refractivity contribution in [1.29, 1.82) is 0 Å². The summed E-state index contributed by atoms with van der Waals surface area (Å²) in [4.78, 5) is 16.9. The number of carbonyl (C=O) groups excluding carboxylic acids is 1. The van der Waals surface area contributed by atoms with E-state index in [2.05, 4.69) is 10.3 Å². The highest BCUT2D eigenvalue weighted by molar-refractivity contribution is 6.04. The number of hydrogen-bond acceptors (Lipinski definition) is 7. The van der Waals surface area contributed by atoms with E-state index in [1.165, 1.54) is 0 Å². The molecule has 0 radical (unpaired) electrons. The van der Waals surface area contributed by atoms with Crippen molar-refractivity contribution < 1.29 is 28.5 Å². The topological polar surface area (TPSA) is 87.6 Å². The molecule has 2 aliphatic heterocycles. The van der Waals surface area contributed by atoms with Gasteiger partial charge in [0, 0.05) is 18.8 Å². The number of nitrogens with zero attached hydrogens (tertiary/aromatic N) is 1. The molecule has 0 saturated carbocycles. The fourth-order valence-corrected chi connectivity index (χ4v) is 2.64. The maximum atomic E-state index is 12.5. The van der Waals surface area contributed by atoms with Crippen LogP contribution in [0.4, 0.5) is 0 Å². The Balaban J connectivity index is 1.61. The lowest BCUT2D eigenvalue weighted by molar-refractivity contribution is 0.0913. The van der Waals surface area contributed by atoms with Gasteiger partial charge in [-0.2, -0.15) is 0 Å². The van der Waals surface area contributed by atoms with Crippen LogP contribution >= 0.6 is 0 Å². The summed E-state index contributed by atoms with van der Waals surface area (Å²) in [5, 5.41) is 2.71. The lowest BCUT2D eigenvalue weighted by Gasteiger charge is -2.12. The van der Waals surface area contributed by atoms with Crippen LogP contribution in [0.15, 0.2) is 23.2 Å². The van der Waals surface area contributed by atoms with Crippen LogP contribution in [0.3, 0.4) is 0 Å². The maximum Gasteiger partial charge on any atom is 0.291 e. The number of rotatable bonds is 7. The Morgan fingerprint density at radius 3 is 3.00 bits per heavy atom. The van der Waals surface area contributed by atoms with Gasteiger partial charge in [0.1, 0.15) is 6.61 Å². The molecule has 1 atom stereocenters. The Kier molecular flexibility index (Phi) is 6.68. The fraction of sp³-hybridized carbons (Fsp3) is 0.556. The number of amidine groups is 1. The van der Waals surface area contributed by atoms with Crippen LogP contribution in [0.2, 0.25) is 0 Å². The van der Waals surface area contributed by atoms with Gasteiger partial charge in [-0.3, -0.25) is 10.1 Å². The Morgan fingerprint density at radius 1 is 1.31 bits per heavy atom. The number of carbonyl (C=O) groups is 1. The van der Waals surface area contributed by atoms with Gasteiger partial charge < -0.3 is 23.7 Å². The van der Waals surface area contributed by atoms with Crippen molar-refractivity contribution in [2.75, 3.05) is 39.8 Å². The molecule has 142 valence electrons. The Hall–Kier alpha value is -2.32. The van der Waals surface area contributed by atoms with Gasteiger partial charge in [-0.1, -0.05) is 0 Å². The van der Waals surface area contributed by atoms with Crippen LogP contribution in [0.25, 0.3) is 0 Å². The first-order chi connectivity index (χ1) is 12.8. The predicted molar refractivity (Wildman–Crippen MR) is 93.8 cm³/mol. The molecule has 8 heteroatoms. The summed E-state index contributed by atoms with van der Waals surface area (Å²) in [6.07, 6.45) is 2.07. The number of fused-ring (bicyclic) bond motifs is 1. The SMILES string of the molecule is CCOCCOC(=NC[C@@H]1CCCO1)NC(=O)c1ccc2c(c1)OCO2. The zero-order valence-electron chi connectivity index (χ0n) is 14.9. The van der Waals surface area contributed by atoms with Crippen molar-refractivity contribution in [2.24, 2.45) is 4.99 Å². The third-order valence-electron chi connectivity index (χ3n) is 3.99. The van der Waals surface area contributed by atoms with Gasteiger partial charge in [0.15, 0.2) is 11.5 Å². The van der Waals surface area contributed by atoms with Gasteiger partial charge in [-0.15, -0.1) is 0 Å². The van der Waals surface area contributed by atoms with Crippen LogP contribution < -0.4 is 14.8 Å². The molecule has 1 fully saturated rings. The second-order valence-corrected chi connectivity index (χ2v) is 5.85. The maximum absolute atomic E-state index is 12.5. The molecule has 0 unspecified atom stereocenters. The average Bonchev–Trinajstić information content (AvgIpc) is 3.33. The standard InChI is InChI=1S/C18H24N2O6/c1-2-22-8-9-24-18(19-11-14-4-3-7-23-14)20-17(21)13-5-6-15-16(10-13)26-12-25-15/h5-6,10,14H,2-4,7-9,11-12H2,1H3,(H,19,20,21)/t14-/m0/s1.